The monoisotopic (exact) mass is 436 g/mol. The Hall–Kier alpha value is -3.31. The van der Waals surface area contributed by atoms with E-state index in [1.807, 2.05) is 63.2 Å². The van der Waals surface area contributed by atoms with Crippen LogP contribution in [0.3, 0.4) is 0 Å². The number of nitrogens with one attached hydrogen (secondary N) is 1. The van der Waals surface area contributed by atoms with E-state index in [2.05, 4.69) is 10.3 Å². The van der Waals surface area contributed by atoms with Crippen LogP contribution >= 0.6 is 11.6 Å². The number of hydrogen-bond acceptors (Lipinski definition) is 4. The number of aryl methyl sites for hydroxylation is 2. The number of aliphatic imine (C=N–C) groups is 1. The van der Waals surface area contributed by atoms with Crippen LogP contribution in [0.25, 0.3) is 0 Å². The fourth-order valence-electron chi connectivity index (χ4n) is 2.78. The van der Waals surface area contributed by atoms with Crippen LogP contribution in [0.5, 0.6) is 11.5 Å². The molecular weight excluding hydrogens is 412 g/mol. The smallest absolute Gasteiger partial charge is 0.262 e. The molecule has 0 atom stereocenters. The molecule has 0 saturated heterocycles. The average molecular weight is 437 g/mol. The van der Waals surface area contributed by atoms with Crippen LogP contribution < -0.4 is 14.8 Å². The van der Waals surface area contributed by atoms with E-state index in [4.69, 9.17) is 21.1 Å². The minimum atomic E-state index is -0.285. The number of carbonyl (C=O) groups excluding carboxylic acids is 1. The summed E-state index contributed by atoms with van der Waals surface area (Å²) in [5.41, 5.74) is 4.50. The van der Waals surface area contributed by atoms with Gasteiger partial charge in [-0.2, -0.15) is 0 Å². The molecule has 3 aromatic rings. The molecular formula is C25H25ClN2O3. The molecule has 1 amide bonds. The topological polar surface area (TPSA) is 59.9 Å². The van der Waals surface area contributed by atoms with Gasteiger partial charge in [0, 0.05) is 16.9 Å². The van der Waals surface area contributed by atoms with Crippen molar-refractivity contribution in [3.8, 4) is 11.5 Å². The maximum Gasteiger partial charge on any atom is 0.262 e. The van der Waals surface area contributed by atoms with Crippen LogP contribution in [0.4, 0.5) is 11.4 Å². The van der Waals surface area contributed by atoms with E-state index in [-0.39, 0.29) is 12.5 Å². The van der Waals surface area contributed by atoms with Crippen molar-refractivity contribution in [1.29, 1.82) is 0 Å². The maximum atomic E-state index is 12.3. The molecule has 1 N–H and O–H groups in total. The Morgan fingerprint density at radius 2 is 1.77 bits per heavy atom. The summed E-state index contributed by atoms with van der Waals surface area (Å²) in [5.74, 6) is 0.764. The fourth-order valence-corrected chi connectivity index (χ4v) is 2.96. The molecule has 0 aliphatic heterocycles. The van der Waals surface area contributed by atoms with Gasteiger partial charge in [0.25, 0.3) is 5.91 Å². The highest BCUT2D eigenvalue weighted by Crippen LogP contribution is 2.28. The molecule has 0 aromatic heterocycles. The lowest BCUT2D eigenvalue weighted by Crippen LogP contribution is -2.20. The van der Waals surface area contributed by atoms with Crippen LogP contribution in [-0.4, -0.2) is 25.3 Å². The van der Waals surface area contributed by atoms with E-state index in [1.165, 1.54) is 5.56 Å². The van der Waals surface area contributed by atoms with E-state index in [0.717, 1.165) is 16.8 Å². The average Bonchev–Trinajstić information content (AvgIpc) is 2.75. The molecule has 0 unspecified atom stereocenters. The zero-order valence-electron chi connectivity index (χ0n) is 17.8. The third kappa shape index (κ3) is 6.59. The first-order chi connectivity index (χ1) is 14.9. The summed E-state index contributed by atoms with van der Waals surface area (Å²) < 4.78 is 11.4. The van der Waals surface area contributed by atoms with Crippen molar-refractivity contribution >= 4 is 35.1 Å². The van der Waals surface area contributed by atoms with E-state index < -0.39 is 0 Å². The zero-order valence-corrected chi connectivity index (χ0v) is 18.6. The minimum absolute atomic E-state index is 0.150. The summed E-state index contributed by atoms with van der Waals surface area (Å²) in [6.07, 6.45) is 1.77. The molecule has 5 nitrogen and oxygen atoms in total. The van der Waals surface area contributed by atoms with Crippen molar-refractivity contribution in [2.75, 3.05) is 18.5 Å². The van der Waals surface area contributed by atoms with Crippen LogP contribution in [0.15, 0.2) is 65.7 Å². The van der Waals surface area contributed by atoms with E-state index in [9.17, 15) is 4.79 Å². The van der Waals surface area contributed by atoms with Gasteiger partial charge in [-0.05, 0) is 74.4 Å². The predicted molar refractivity (Wildman–Crippen MR) is 126 cm³/mol. The van der Waals surface area contributed by atoms with Gasteiger partial charge in [-0.15, -0.1) is 0 Å². The normalized spacial score (nSPS) is 10.8. The SMILES string of the molecule is CCOc1cc(C=Nc2ccc(C)cc2)ccc1OCC(=O)Nc1ccc(C)c(Cl)c1. The zero-order chi connectivity index (χ0) is 22.2. The van der Waals surface area contributed by atoms with Gasteiger partial charge in [0.05, 0.1) is 12.3 Å². The number of hydrogen-bond donors (Lipinski definition) is 1. The Bertz CT molecular complexity index is 1080. The Labute approximate surface area is 187 Å². The highest BCUT2D eigenvalue weighted by atomic mass is 35.5. The molecule has 0 spiro atoms. The minimum Gasteiger partial charge on any atom is -0.490 e. The standard InChI is InChI=1S/C25H25ClN2O3/c1-4-30-24-13-19(15-27-20-9-5-17(2)6-10-20)8-12-23(24)31-16-25(29)28-21-11-7-18(3)22(26)14-21/h5-15H,4,16H2,1-3H3,(H,28,29). The number of amides is 1. The third-order valence-electron chi connectivity index (χ3n) is 4.48. The molecule has 0 bridgehead atoms. The largest absolute Gasteiger partial charge is 0.490 e. The molecule has 3 aromatic carbocycles. The summed E-state index contributed by atoms with van der Waals surface area (Å²) in [6, 6.07) is 18.8. The molecule has 0 saturated carbocycles. The van der Waals surface area contributed by atoms with Crippen LogP contribution in [0, 0.1) is 13.8 Å². The van der Waals surface area contributed by atoms with Crippen molar-refractivity contribution in [2.24, 2.45) is 4.99 Å². The summed E-state index contributed by atoms with van der Waals surface area (Å²) >= 11 is 6.10. The predicted octanol–water partition coefficient (Wildman–Crippen LogP) is 6.12. The first kappa shape index (κ1) is 22.4. The number of rotatable bonds is 8. The van der Waals surface area contributed by atoms with Gasteiger partial charge in [0.2, 0.25) is 0 Å². The number of benzene rings is 3. The lowest BCUT2D eigenvalue weighted by Gasteiger charge is -2.13. The van der Waals surface area contributed by atoms with Crippen molar-refractivity contribution in [1.82, 2.24) is 0 Å². The van der Waals surface area contributed by atoms with Gasteiger partial charge in [0.15, 0.2) is 18.1 Å². The number of nitrogens with zero attached hydrogens (tertiary/aromatic N) is 1. The Morgan fingerprint density at radius 1 is 1.00 bits per heavy atom. The van der Waals surface area contributed by atoms with Crippen molar-refractivity contribution in [3.05, 3.63) is 82.4 Å². The van der Waals surface area contributed by atoms with E-state index in [1.54, 1.807) is 24.4 Å². The van der Waals surface area contributed by atoms with Gasteiger partial charge in [0.1, 0.15) is 0 Å². The van der Waals surface area contributed by atoms with Gasteiger partial charge in [-0.3, -0.25) is 9.79 Å². The third-order valence-corrected chi connectivity index (χ3v) is 4.89. The fraction of sp³-hybridized carbons (Fsp3) is 0.200. The van der Waals surface area contributed by atoms with Gasteiger partial charge in [-0.25, -0.2) is 0 Å². The van der Waals surface area contributed by atoms with Gasteiger partial charge < -0.3 is 14.8 Å². The van der Waals surface area contributed by atoms with Crippen LogP contribution in [0.2, 0.25) is 5.02 Å². The second kappa shape index (κ2) is 10.6. The Balaban J connectivity index is 1.65. The molecule has 0 heterocycles. The molecule has 160 valence electrons. The van der Waals surface area contributed by atoms with Gasteiger partial charge >= 0.3 is 0 Å². The van der Waals surface area contributed by atoms with Crippen molar-refractivity contribution in [2.45, 2.75) is 20.8 Å². The lowest BCUT2D eigenvalue weighted by molar-refractivity contribution is -0.118. The Kier molecular flexibility index (Phi) is 7.68. The van der Waals surface area contributed by atoms with E-state index in [0.29, 0.717) is 28.8 Å². The second-order valence-corrected chi connectivity index (χ2v) is 7.44. The molecule has 3 rings (SSSR count). The van der Waals surface area contributed by atoms with Crippen molar-refractivity contribution in [3.63, 3.8) is 0 Å². The summed E-state index contributed by atoms with van der Waals surface area (Å²) in [7, 11) is 0. The molecule has 0 fully saturated rings. The molecule has 6 heteroatoms. The summed E-state index contributed by atoms with van der Waals surface area (Å²) in [4.78, 5) is 16.7. The molecule has 0 radical (unpaired) electrons. The van der Waals surface area contributed by atoms with E-state index >= 15 is 0 Å². The maximum absolute atomic E-state index is 12.3. The first-order valence-corrected chi connectivity index (χ1v) is 10.4. The number of carbonyl (C=O) groups is 1. The molecule has 0 aliphatic carbocycles. The number of ether oxygens (including phenoxy) is 2. The van der Waals surface area contributed by atoms with Gasteiger partial charge in [-0.1, -0.05) is 35.4 Å². The number of anilines is 1. The quantitative estimate of drug-likeness (QED) is 0.432. The summed E-state index contributed by atoms with van der Waals surface area (Å²) in [5, 5.41) is 3.37. The Morgan fingerprint density at radius 3 is 2.48 bits per heavy atom. The highest BCUT2D eigenvalue weighted by Gasteiger charge is 2.10. The number of halogens is 1. The van der Waals surface area contributed by atoms with Crippen LogP contribution in [0.1, 0.15) is 23.6 Å². The lowest BCUT2D eigenvalue weighted by atomic mass is 10.2. The highest BCUT2D eigenvalue weighted by molar-refractivity contribution is 6.31. The first-order valence-electron chi connectivity index (χ1n) is 10.0. The second-order valence-electron chi connectivity index (χ2n) is 7.03. The molecule has 31 heavy (non-hydrogen) atoms. The summed E-state index contributed by atoms with van der Waals surface area (Å²) in [6.45, 7) is 6.16. The van der Waals surface area contributed by atoms with Crippen molar-refractivity contribution < 1.29 is 14.3 Å². The molecule has 0 aliphatic rings. The van der Waals surface area contributed by atoms with Crippen LogP contribution in [-0.2, 0) is 4.79 Å².